The van der Waals surface area contributed by atoms with Gasteiger partial charge in [0.05, 0.1) is 18.5 Å². The number of furan rings is 1. The molecule has 0 fully saturated rings. The van der Waals surface area contributed by atoms with Crippen molar-refractivity contribution in [3.05, 3.63) is 41.2 Å². The van der Waals surface area contributed by atoms with Crippen molar-refractivity contribution in [3.63, 3.8) is 0 Å². The predicted molar refractivity (Wildman–Crippen MR) is 84.3 cm³/mol. The van der Waals surface area contributed by atoms with Crippen LogP contribution >= 0.6 is 0 Å². The molecule has 0 saturated heterocycles. The third-order valence-corrected chi connectivity index (χ3v) is 3.38. The predicted octanol–water partition coefficient (Wildman–Crippen LogP) is 1.39. The number of esters is 1. The smallest absolute Gasteiger partial charge is 0.321 e. The van der Waals surface area contributed by atoms with E-state index in [1.807, 2.05) is 0 Å². The number of ether oxygens (including phenoxy) is 1. The van der Waals surface area contributed by atoms with Gasteiger partial charge in [-0.2, -0.15) is 0 Å². The Morgan fingerprint density at radius 2 is 2.08 bits per heavy atom. The maximum Gasteiger partial charge on any atom is 0.321 e. The molecule has 134 valence electrons. The van der Waals surface area contributed by atoms with E-state index in [2.05, 4.69) is 15.8 Å². The molecule has 2 aromatic rings. The Labute approximate surface area is 143 Å². The molecular weight excluding hydrogens is 330 g/mol. The summed E-state index contributed by atoms with van der Waals surface area (Å²) in [4.78, 5) is 34.7. The lowest BCUT2D eigenvalue weighted by atomic mass is 10.1. The average molecular weight is 349 g/mol. The van der Waals surface area contributed by atoms with E-state index in [0.717, 1.165) is 11.3 Å². The van der Waals surface area contributed by atoms with Gasteiger partial charge in [0, 0.05) is 12.0 Å². The van der Waals surface area contributed by atoms with E-state index in [9.17, 15) is 14.4 Å². The van der Waals surface area contributed by atoms with Crippen molar-refractivity contribution in [1.82, 2.24) is 15.8 Å². The van der Waals surface area contributed by atoms with Crippen LogP contribution in [0.1, 0.15) is 29.2 Å². The van der Waals surface area contributed by atoms with Crippen LogP contribution in [-0.4, -0.2) is 29.7 Å². The maximum atomic E-state index is 11.7. The van der Waals surface area contributed by atoms with Gasteiger partial charge in [0.25, 0.3) is 5.91 Å². The number of nitrogens with one attached hydrogen (secondary N) is 2. The molecule has 9 heteroatoms. The minimum Gasteiger partial charge on any atom is -0.467 e. The van der Waals surface area contributed by atoms with E-state index in [0.29, 0.717) is 17.9 Å². The van der Waals surface area contributed by atoms with E-state index in [1.54, 1.807) is 26.0 Å². The molecule has 0 spiro atoms. The molecule has 9 nitrogen and oxygen atoms in total. The van der Waals surface area contributed by atoms with Crippen LogP contribution in [0.15, 0.2) is 27.3 Å². The van der Waals surface area contributed by atoms with Gasteiger partial charge < -0.3 is 19.0 Å². The summed E-state index contributed by atoms with van der Waals surface area (Å²) in [6.45, 7) is 3.15. The molecule has 2 heterocycles. The van der Waals surface area contributed by atoms with E-state index in [-0.39, 0.29) is 13.0 Å². The topological polar surface area (TPSA) is 124 Å². The molecular formula is C16H19N3O6. The van der Waals surface area contributed by atoms with Gasteiger partial charge in [-0.15, -0.1) is 0 Å². The van der Waals surface area contributed by atoms with Crippen molar-refractivity contribution in [1.29, 1.82) is 0 Å². The van der Waals surface area contributed by atoms with Crippen LogP contribution in [0.5, 0.6) is 0 Å². The van der Waals surface area contributed by atoms with Gasteiger partial charge in [-0.1, -0.05) is 5.16 Å². The Morgan fingerprint density at radius 3 is 2.72 bits per heavy atom. The first-order valence-electron chi connectivity index (χ1n) is 7.63. The zero-order valence-electron chi connectivity index (χ0n) is 14.0. The van der Waals surface area contributed by atoms with Gasteiger partial charge in [-0.05, 0) is 32.4 Å². The molecule has 3 amide bonds. The summed E-state index contributed by atoms with van der Waals surface area (Å²) in [7, 11) is 0. The quantitative estimate of drug-likeness (QED) is 0.724. The van der Waals surface area contributed by atoms with Crippen LogP contribution in [0.3, 0.4) is 0 Å². The van der Waals surface area contributed by atoms with Gasteiger partial charge >= 0.3 is 12.0 Å². The molecule has 0 bridgehead atoms. The van der Waals surface area contributed by atoms with Crippen molar-refractivity contribution in [2.45, 2.75) is 33.2 Å². The number of aryl methyl sites for hydroxylation is 2. The Bertz CT molecular complexity index is 716. The van der Waals surface area contributed by atoms with E-state index >= 15 is 0 Å². The number of hydrogen-bond acceptors (Lipinski definition) is 7. The molecule has 2 N–H and O–H groups in total. The fraction of sp³-hybridized carbons (Fsp3) is 0.375. The SMILES string of the molecule is Cc1noc(C)c1CCC(=O)OCC(=O)NC(=O)NCc1ccco1. The number of carbonyl (C=O) groups excluding carboxylic acids is 3. The summed E-state index contributed by atoms with van der Waals surface area (Å²) in [5.41, 5.74) is 1.56. The summed E-state index contributed by atoms with van der Waals surface area (Å²) in [6, 6.07) is 2.67. The zero-order chi connectivity index (χ0) is 18.2. The van der Waals surface area contributed by atoms with E-state index in [4.69, 9.17) is 13.7 Å². The third-order valence-electron chi connectivity index (χ3n) is 3.38. The van der Waals surface area contributed by atoms with Crippen molar-refractivity contribution in [3.8, 4) is 0 Å². The fourth-order valence-corrected chi connectivity index (χ4v) is 2.09. The highest BCUT2D eigenvalue weighted by Crippen LogP contribution is 2.14. The lowest BCUT2D eigenvalue weighted by Gasteiger charge is -2.06. The second kappa shape index (κ2) is 8.67. The first-order valence-corrected chi connectivity index (χ1v) is 7.63. The Kier molecular flexibility index (Phi) is 6.33. The molecule has 0 aliphatic carbocycles. The lowest BCUT2D eigenvalue weighted by molar-refractivity contribution is -0.148. The fourth-order valence-electron chi connectivity index (χ4n) is 2.09. The number of aromatic nitrogens is 1. The minimum absolute atomic E-state index is 0.0842. The molecule has 25 heavy (non-hydrogen) atoms. The largest absolute Gasteiger partial charge is 0.467 e. The van der Waals surface area contributed by atoms with Gasteiger partial charge in [0.1, 0.15) is 11.5 Å². The van der Waals surface area contributed by atoms with Crippen LogP contribution in [-0.2, 0) is 27.3 Å². The van der Waals surface area contributed by atoms with Crippen molar-refractivity contribution < 1.29 is 28.1 Å². The van der Waals surface area contributed by atoms with Crippen LogP contribution in [0.4, 0.5) is 4.79 Å². The van der Waals surface area contributed by atoms with Crippen molar-refractivity contribution in [2.24, 2.45) is 0 Å². The molecule has 0 radical (unpaired) electrons. The number of hydrogen-bond donors (Lipinski definition) is 2. The monoisotopic (exact) mass is 349 g/mol. The number of imide groups is 1. The average Bonchev–Trinajstić information content (AvgIpc) is 3.20. The standard InChI is InChI=1S/C16H19N3O6/c1-10-13(11(2)25-19-10)5-6-15(21)24-9-14(20)18-16(22)17-8-12-4-3-7-23-12/h3-4,7H,5-6,8-9H2,1-2H3,(H2,17,18,20,22). The number of amides is 3. The third kappa shape index (κ3) is 5.79. The van der Waals surface area contributed by atoms with Gasteiger partial charge in [0.15, 0.2) is 6.61 Å². The normalized spacial score (nSPS) is 10.3. The Morgan fingerprint density at radius 1 is 1.28 bits per heavy atom. The highest BCUT2D eigenvalue weighted by molar-refractivity contribution is 5.95. The number of carbonyl (C=O) groups is 3. The first-order chi connectivity index (χ1) is 12.0. The highest BCUT2D eigenvalue weighted by atomic mass is 16.5. The second-order valence-corrected chi connectivity index (χ2v) is 5.27. The maximum absolute atomic E-state index is 11.7. The van der Waals surface area contributed by atoms with Crippen LogP contribution in [0.25, 0.3) is 0 Å². The molecule has 0 atom stereocenters. The van der Waals surface area contributed by atoms with Gasteiger partial charge in [-0.3, -0.25) is 14.9 Å². The van der Waals surface area contributed by atoms with Crippen molar-refractivity contribution in [2.75, 3.05) is 6.61 Å². The molecule has 0 saturated carbocycles. The second-order valence-electron chi connectivity index (χ2n) is 5.27. The summed E-state index contributed by atoms with van der Waals surface area (Å²) >= 11 is 0. The zero-order valence-corrected chi connectivity index (χ0v) is 14.0. The summed E-state index contributed by atoms with van der Waals surface area (Å²) in [6.07, 6.45) is 1.97. The highest BCUT2D eigenvalue weighted by Gasteiger charge is 2.14. The van der Waals surface area contributed by atoms with Gasteiger partial charge in [-0.25, -0.2) is 4.79 Å². The Hall–Kier alpha value is -3.10. The summed E-state index contributed by atoms with van der Waals surface area (Å²) in [5.74, 6) is -0.0709. The van der Waals surface area contributed by atoms with E-state index in [1.165, 1.54) is 6.26 Å². The summed E-state index contributed by atoms with van der Waals surface area (Å²) in [5, 5.41) is 8.28. The summed E-state index contributed by atoms with van der Waals surface area (Å²) < 4.78 is 14.9. The van der Waals surface area contributed by atoms with Gasteiger partial charge in [0.2, 0.25) is 0 Å². The van der Waals surface area contributed by atoms with Crippen molar-refractivity contribution >= 4 is 17.9 Å². The minimum atomic E-state index is -0.720. The van der Waals surface area contributed by atoms with Crippen LogP contribution in [0.2, 0.25) is 0 Å². The first kappa shape index (κ1) is 18.2. The molecule has 2 aromatic heterocycles. The number of urea groups is 1. The lowest BCUT2D eigenvalue weighted by Crippen LogP contribution is -2.41. The molecule has 0 unspecified atom stereocenters. The van der Waals surface area contributed by atoms with Crippen LogP contribution < -0.4 is 10.6 Å². The number of rotatable bonds is 7. The molecule has 2 rings (SSSR count). The Balaban J connectivity index is 1.63. The van der Waals surface area contributed by atoms with Crippen LogP contribution in [0, 0.1) is 13.8 Å². The molecule has 0 aliphatic rings. The molecule has 0 aromatic carbocycles. The molecule has 0 aliphatic heterocycles. The number of nitrogens with zero attached hydrogens (tertiary/aromatic N) is 1. The van der Waals surface area contributed by atoms with E-state index < -0.39 is 24.5 Å².